The molecule has 1 unspecified atom stereocenters. The van der Waals surface area contributed by atoms with E-state index >= 15 is 9.59 Å². The molecule has 6 atom stereocenters. The smallest absolute Gasteiger partial charge is 0.250 e. The van der Waals surface area contributed by atoms with Crippen LogP contribution in [0.3, 0.4) is 0 Å². The number of hydrogen-bond acceptors (Lipinski definition) is 8. The minimum absolute atomic E-state index is 0.0815. The summed E-state index contributed by atoms with van der Waals surface area (Å²) in [7, 11) is 0. The van der Waals surface area contributed by atoms with Gasteiger partial charge in [-0.25, -0.2) is 4.68 Å². The van der Waals surface area contributed by atoms with Crippen molar-refractivity contribution in [2.24, 2.45) is 11.8 Å². The molecule has 12 nitrogen and oxygen atoms in total. The fourth-order valence-corrected chi connectivity index (χ4v) is 8.71. The van der Waals surface area contributed by atoms with Crippen LogP contribution in [0.4, 0.5) is 5.69 Å². The van der Waals surface area contributed by atoms with Crippen molar-refractivity contribution < 1.29 is 29.0 Å². The number of carbonyl (C=O) groups excluding carboxylic acids is 3. The van der Waals surface area contributed by atoms with Crippen molar-refractivity contribution in [3.05, 3.63) is 109 Å². The summed E-state index contributed by atoms with van der Waals surface area (Å²) in [5, 5.41) is 19.6. The number of nitrogens with zero attached hydrogens (tertiary/aromatic N) is 6. The summed E-state index contributed by atoms with van der Waals surface area (Å²) in [4.78, 5) is 50.2. The van der Waals surface area contributed by atoms with Gasteiger partial charge in [-0.05, 0) is 61.7 Å². The average molecular weight is 703 g/mol. The molecule has 0 radical (unpaired) electrons. The van der Waals surface area contributed by atoms with E-state index in [1.54, 1.807) is 14.5 Å². The summed E-state index contributed by atoms with van der Waals surface area (Å²) < 4.78 is 14.5. The lowest BCUT2D eigenvalue weighted by Gasteiger charge is -2.40. The molecule has 1 N–H and O–H groups in total. The quantitative estimate of drug-likeness (QED) is 0.248. The molecule has 4 aromatic rings. The maximum absolute atomic E-state index is 15.2. The molecule has 0 aliphatic carbocycles. The highest BCUT2D eigenvalue weighted by Crippen LogP contribution is 2.59. The number of para-hydroxylation sites is 1. The lowest BCUT2D eigenvalue weighted by molar-refractivity contribution is -0.156. The fraction of sp³-hybridized carbons (Fsp3) is 0.375. The topological polar surface area (TPSA) is 130 Å². The van der Waals surface area contributed by atoms with Crippen molar-refractivity contribution in [3.63, 3.8) is 0 Å². The van der Waals surface area contributed by atoms with Crippen LogP contribution >= 0.6 is 0 Å². The van der Waals surface area contributed by atoms with E-state index in [1.807, 2.05) is 117 Å². The van der Waals surface area contributed by atoms with Gasteiger partial charge in [0.2, 0.25) is 11.8 Å². The van der Waals surface area contributed by atoms with Crippen LogP contribution in [0, 0.1) is 11.8 Å². The van der Waals surface area contributed by atoms with Crippen LogP contribution < -0.4 is 9.64 Å². The highest BCUT2D eigenvalue weighted by molar-refractivity contribution is 6.04. The summed E-state index contributed by atoms with van der Waals surface area (Å²) in [6, 6.07) is 22.5. The Balaban J connectivity index is 1.23. The number of aliphatic hydroxyl groups excluding tert-OH is 1. The van der Waals surface area contributed by atoms with E-state index < -0.39 is 35.1 Å². The Morgan fingerprint density at radius 1 is 0.885 bits per heavy atom. The molecule has 1 spiro atoms. The number of rotatable bonds is 10. The van der Waals surface area contributed by atoms with E-state index in [-0.39, 0.29) is 44.1 Å². The van der Waals surface area contributed by atoms with Gasteiger partial charge in [-0.3, -0.25) is 14.4 Å². The minimum atomic E-state index is -1.49. The number of aromatic nitrogens is 3. The number of likely N-dealkylation sites (tertiary alicyclic amines) is 1. The first kappa shape index (κ1) is 33.8. The van der Waals surface area contributed by atoms with E-state index in [1.165, 1.54) is 4.90 Å². The van der Waals surface area contributed by atoms with Gasteiger partial charge >= 0.3 is 0 Å². The molecule has 1 aromatic heterocycles. The summed E-state index contributed by atoms with van der Waals surface area (Å²) in [5.41, 5.74) is 0.395. The Labute approximate surface area is 301 Å². The van der Waals surface area contributed by atoms with Crippen LogP contribution in [-0.4, -0.2) is 97.2 Å². The van der Waals surface area contributed by atoms with Gasteiger partial charge in [0.1, 0.15) is 29.6 Å². The number of anilines is 1. The zero-order valence-corrected chi connectivity index (χ0v) is 29.2. The Bertz CT molecular complexity index is 2050. The molecule has 8 rings (SSSR count). The number of hydrogen-bond donors (Lipinski definition) is 1. The van der Waals surface area contributed by atoms with Gasteiger partial charge in [-0.2, -0.15) is 0 Å². The largest absolute Gasteiger partial charge is 0.494 e. The van der Waals surface area contributed by atoms with Gasteiger partial charge in [0.05, 0.1) is 42.2 Å². The van der Waals surface area contributed by atoms with E-state index in [9.17, 15) is 9.90 Å². The third kappa shape index (κ3) is 5.31. The van der Waals surface area contributed by atoms with Crippen LogP contribution in [-0.2, 0) is 32.2 Å². The van der Waals surface area contributed by atoms with Crippen LogP contribution in [0.25, 0.3) is 11.0 Å². The lowest BCUT2D eigenvalue weighted by Crippen LogP contribution is -2.59. The Hall–Kier alpha value is -5.33. The molecule has 5 heterocycles. The van der Waals surface area contributed by atoms with Gasteiger partial charge in [-0.1, -0.05) is 78.9 Å². The van der Waals surface area contributed by atoms with Gasteiger partial charge in [0, 0.05) is 18.8 Å². The van der Waals surface area contributed by atoms with Gasteiger partial charge < -0.3 is 29.3 Å². The molecule has 2 saturated heterocycles. The molecular formula is C40H42N6O6. The normalized spacial score (nSPS) is 27.4. The van der Waals surface area contributed by atoms with Crippen LogP contribution in [0.5, 0.6) is 5.75 Å². The van der Waals surface area contributed by atoms with Crippen molar-refractivity contribution in [2.75, 3.05) is 31.2 Å². The standard InChI is InChI=1S/C40H42N6O6/c1-3-39-20-10-23-44(28-16-18-30(19-17-28)51-4-2)36(48)33(39)34-37(49)46(29(25-47)24-27-12-6-5-7-13-27)35-38(50)43(22-11-21-40(34,35)52-39)26-45-32-15-9-8-14-31(32)41-42-45/h5-21,29,33-35,47H,3-4,22-26H2,1-2H3/t29-,33+,34+,35?,39-,40+/m1/s1. The average Bonchev–Trinajstić information content (AvgIpc) is 3.71. The van der Waals surface area contributed by atoms with Gasteiger partial charge in [0.15, 0.2) is 0 Å². The van der Waals surface area contributed by atoms with Crippen LogP contribution in [0.2, 0.25) is 0 Å². The number of amides is 3. The fourth-order valence-electron chi connectivity index (χ4n) is 8.71. The van der Waals surface area contributed by atoms with E-state index in [2.05, 4.69) is 10.3 Å². The lowest BCUT2D eigenvalue weighted by atomic mass is 9.73. The Morgan fingerprint density at radius 3 is 2.38 bits per heavy atom. The zero-order valence-electron chi connectivity index (χ0n) is 29.2. The summed E-state index contributed by atoms with van der Waals surface area (Å²) in [6.45, 7) is 4.58. The minimum Gasteiger partial charge on any atom is -0.494 e. The summed E-state index contributed by atoms with van der Waals surface area (Å²) in [6.07, 6.45) is 8.25. The molecule has 0 saturated carbocycles. The highest BCUT2D eigenvalue weighted by Gasteiger charge is 2.76. The second-order valence-electron chi connectivity index (χ2n) is 13.9. The monoisotopic (exact) mass is 702 g/mol. The molecule has 3 aromatic carbocycles. The molecule has 2 fully saturated rings. The number of carbonyl (C=O) groups is 3. The predicted molar refractivity (Wildman–Crippen MR) is 193 cm³/mol. The van der Waals surface area contributed by atoms with Crippen LogP contribution in [0.15, 0.2) is 103 Å². The van der Waals surface area contributed by atoms with Crippen molar-refractivity contribution in [1.29, 1.82) is 0 Å². The first-order valence-corrected chi connectivity index (χ1v) is 18.0. The molecule has 4 aliphatic rings. The number of fused-ring (bicyclic) bond motifs is 3. The SMILES string of the molecule is CCOc1ccc(N2CC=C[C@@]3(CC)O[C@]45C=CCN(Cn6nnc7ccccc76)C(=O)C4N([C@@H](CO)Cc4ccccc4)C(=O)[C@@H]5[C@H]3C2=O)cc1. The Kier molecular flexibility index (Phi) is 8.67. The molecule has 0 bridgehead atoms. The predicted octanol–water partition coefficient (Wildman–Crippen LogP) is 3.75. The number of benzene rings is 3. The van der Waals surface area contributed by atoms with Crippen molar-refractivity contribution in [3.8, 4) is 5.75 Å². The second kappa shape index (κ2) is 13.3. The third-order valence-corrected chi connectivity index (χ3v) is 11.1. The first-order valence-electron chi connectivity index (χ1n) is 18.0. The third-order valence-electron chi connectivity index (χ3n) is 11.1. The van der Waals surface area contributed by atoms with Crippen LogP contribution in [0.1, 0.15) is 25.8 Å². The van der Waals surface area contributed by atoms with Gasteiger partial charge in [-0.15, -0.1) is 5.10 Å². The maximum Gasteiger partial charge on any atom is 0.250 e. The summed E-state index contributed by atoms with van der Waals surface area (Å²) in [5.74, 6) is -2.28. The number of ether oxygens (including phenoxy) is 2. The molecule has 52 heavy (non-hydrogen) atoms. The molecule has 4 aliphatic heterocycles. The maximum atomic E-state index is 15.2. The van der Waals surface area contributed by atoms with Crippen molar-refractivity contribution in [1.82, 2.24) is 24.8 Å². The van der Waals surface area contributed by atoms with E-state index in [0.717, 1.165) is 11.1 Å². The highest BCUT2D eigenvalue weighted by atomic mass is 16.5. The van der Waals surface area contributed by atoms with Crippen molar-refractivity contribution >= 4 is 34.4 Å². The molecule has 12 heteroatoms. The molecular weight excluding hydrogens is 660 g/mol. The zero-order chi connectivity index (χ0) is 36.0. The number of aliphatic hydroxyl groups is 1. The van der Waals surface area contributed by atoms with E-state index in [0.29, 0.717) is 36.4 Å². The summed E-state index contributed by atoms with van der Waals surface area (Å²) >= 11 is 0. The van der Waals surface area contributed by atoms with Crippen molar-refractivity contribution in [2.45, 2.75) is 56.6 Å². The Morgan fingerprint density at radius 2 is 1.63 bits per heavy atom. The molecule has 268 valence electrons. The second-order valence-corrected chi connectivity index (χ2v) is 13.9. The van der Waals surface area contributed by atoms with Gasteiger partial charge in [0.25, 0.3) is 5.91 Å². The van der Waals surface area contributed by atoms with E-state index in [4.69, 9.17) is 9.47 Å². The molecule has 3 amide bonds. The first-order chi connectivity index (χ1) is 25.3.